The first-order valence-corrected chi connectivity index (χ1v) is 11.7. The second-order valence-electron chi connectivity index (χ2n) is 7.16. The van der Waals surface area contributed by atoms with Crippen LogP contribution in [0.25, 0.3) is 0 Å². The molecular weight excluding hydrogens is 524 g/mol. The van der Waals surface area contributed by atoms with Crippen molar-refractivity contribution in [3.8, 4) is 0 Å². The Labute approximate surface area is 196 Å². The maximum atomic E-state index is 13.8. The number of hydrogen-bond donors (Lipinski definition) is 2. The van der Waals surface area contributed by atoms with Gasteiger partial charge in [-0.05, 0) is 24.3 Å². The van der Waals surface area contributed by atoms with Crippen LogP contribution in [0, 0.1) is 0 Å². The van der Waals surface area contributed by atoms with Crippen LogP contribution < -0.4 is 10.6 Å². The summed E-state index contributed by atoms with van der Waals surface area (Å²) in [6.45, 7) is -0.572. The molecule has 1 aliphatic rings. The van der Waals surface area contributed by atoms with Gasteiger partial charge in [-0.15, -0.1) is 11.3 Å². The van der Waals surface area contributed by atoms with Crippen molar-refractivity contribution in [3.63, 3.8) is 0 Å². The Morgan fingerprint density at radius 1 is 1.03 bits per heavy atom. The zero-order valence-electron chi connectivity index (χ0n) is 16.9. The van der Waals surface area contributed by atoms with E-state index in [4.69, 9.17) is 0 Å². The molecule has 0 bridgehead atoms. The van der Waals surface area contributed by atoms with Crippen molar-refractivity contribution in [3.05, 3.63) is 69.2 Å². The van der Waals surface area contributed by atoms with Gasteiger partial charge in [-0.2, -0.15) is 26.3 Å². The number of benzene rings is 2. The quantitative estimate of drug-likeness (QED) is 0.481. The normalized spacial score (nSPS) is 15.0. The summed E-state index contributed by atoms with van der Waals surface area (Å²) in [6.07, 6.45) is -9.09. The van der Waals surface area contributed by atoms with Gasteiger partial charge in [0.25, 0.3) is 11.8 Å². The van der Waals surface area contributed by atoms with Crippen LogP contribution in [-0.2, 0) is 28.7 Å². The number of amides is 2. The number of alkyl halides is 6. The summed E-state index contributed by atoms with van der Waals surface area (Å²) in [5.41, 5.74) is -3.49. The highest BCUT2D eigenvalue weighted by atomic mass is 32.2. The second kappa shape index (κ2) is 8.34. The Hall–Kier alpha value is -3.46. The van der Waals surface area contributed by atoms with Gasteiger partial charge in [0.2, 0.25) is 9.84 Å². The third-order valence-electron chi connectivity index (χ3n) is 4.85. The van der Waals surface area contributed by atoms with Crippen LogP contribution in [0.2, 0.25) is 0 Å². The molecule has 0 radical (unpaired) electrons. The van der Waals surface area contributed by atoms with Gasteiger partial charge in [-0.25, -0.2) is 13.4 Å². The number of aromatic nitrogens is 1. The largest absolute Gasteiger partial charge is 0.443 e. The molecule has 0 saturated carbocycles. The summed E-state index contributed by atoms with van der Waals surface area (Å²) in [5, 5.41) is 3.07. The fourth-order valence-corrected chi connectivity index (χ4v) is 5.64. The number of nitrogens with one attached hydrogen (secondary N) is 2. The third kappa shape index (κ3) is 4.60. The molecule has 0 spiro atoms. The number of nitrogens with zero attached hydrogens (tertiary/aromatic N) is 1. The lowest BCUT2D eigenvalue weighted by Crippen LogP contribution is -2.26. The fraction of sp³-hybridized carbons (Fsp3) is 0.150. The van der Waals surface area contributed by atoms with E-state index in [1.807, 2.05) is 0 Å². The summed E-state index contributed by atoms with van der Waals surface area (Å²) < 4.78 is 106. The molecule has 2 heterocycles. The summed E-state index contributed by atoms with van der Waals surface area (Å²) in [6, 6.07) is 5.73. The summed E-state index contributed by atoms with van der Waals surface area (Å²) in [4.78, 5) is 26.8. The molecule has 1 aliphatic heterocycles. The second-order valence-corrected chi connectivity index (χ2v) is 10.2. The Morgan fingerprint density at radius 3 is 2.34 bits per heavy atom. The van der Waals surface area contributed by atoms with Crippen molar-refractivity contribution in [1.29, 1.82) is 0 Å². The smallest absolute Gasteiger partial charge is 0.347 e. The predicted molar refractivity (Wildman–Crippen MR) is 110 cm³/mol. The number of thiazole rings is 1. The fourth-order valence-electron chi connectivity index (χ4n) is 3.30. The monoisotopic (exact) mass is 535 g/mol. The maximum Gasteiger partial charge on any atom is 0.443 e. The number of carbonyl (C=O) groups is 2. The lowest BCUT2D eigenvalue weighted by molar-refractivity contribution is -0.138. The van der Waals surface area contributed by atoms with Crippen LogP contribution in [0.5, 0.6) is 0 Å². The van der Waals surface area contributed by atoms with Gasteiger partial charge in [0, 0.05) is 11.1 Å². The van der Waals surface area contributed by atoms with Gasteiger partial charge in [0.1, 0.15) is 0 Å². The minimum absolute atomic E-state index is 0.0830. The van der Waals surface area contributed by atoms with Crippen LogP contribution in [0.4, 0.5) is 32.0 Å². The first-order chi connectivity index (χ1) is 16.2. The van der Waals surface area contributed by atoms with E-state index in [1.54, 1.807) is 0 Å². The van der Waals surface area contributed by atoms with Crippen molar-refractivity contribution >= 4 is 38.7 Å². The third-order valence-corrected chi connectivity index (χ3v) is 7.74. The maximum absolute atomic E-state index is 13.8. The van der Waals surface area contributed by atoms with E-state index in [9.17, 15) is 44.3 Å². The van der Waals surface area contributed by atoms with E-state index < -0.39 is 72.2 Å². The van der Waals surface area contributed by atoms with E-state index in [1.165, 1.54) is 18.2 Å². The van der Waals surface area contributed by atoms with Crippen LogP contribution in [-0.4, -0.2) is 25.2 Å². The number of sulfone groups is 1. The molecule has 3 aromatic rings. The molecule has 4 rings (SSSR count). The lowest BCUT2D eigenvalue weighted by Gasteiger charge is -2.17. The van der Waals surface area contributed by atoms with Crippen molar-refractivity contribution in [2.24, 2.45) is 0 Å². The van der Waals surface area contributed by atoms with Gasteiger partial charge in [0.15, 0.2) is 5.01 Å². The molecule has 0 unspecified atom stereocenters. The van der Waals surface area contributed by atoms with Crippen molar-refractivity contribution in [2.75, 3.05) is 5.32 Å². The number of anilines is 1. The average Bonchev–Trinajstić information content (AvgIpc) is 3.23. The number of hydrogen-bond acceptors (Lipinski definition) is 6. The molecule has 184 valence electrons. The molecule has 2 aromatic carbocycles. The van der Waals surface area contributed by atoms with E-state index in [0.29, 0.717) is 6.07 Å². The predicted octanol–water partition coefficient (Wildman–Crippen LogP) is 4.51. The van der Waals surface area contributed by atoms with Gasteiger partial charge in [-0.3, -0.25) is 9.59 Å². The lowest BCUT2D eigenvalue weighted by atomic mass is 10.0. The van der Waals surface area contributed by atoms with Gasteiger partial charge < -0.3 is 10.6 Å². The molecule has 0 fully saturated rings. The Balaban J connectivity index is 1.75. The molecular formula is C20H11F6N3O4S2. The highest BCUT2D eigenvalue weighted by Gasteiger charge is 2.40. The molecule has 2 N–H and O–H groups in total. The molecule has 15 heteroatoms. The van der Waals surface area contributed by atoms with Gasteiger partial charge in [-0.1, -0.05) is 12.1 Å². The highest BCUT2D eigenvalue weighted by molar-refractivity contribution is 7.91. The van der Waals surface area contributed by atoms with Crippen molar-refractivity contribution < 1.29 is 44.3 Å². The van der Waals surface area contributed by atoms with Crippen LogP contribution in [0.15, 0.2) is 52.4 Å². The standard InChI is InChI=1S/C20H11F6N3O4S2/c21-19(22,23)12-6-15-13(29-17(31)10-3-1-2-4-14(10)35(15,32)33)5-11(12)16(30)27-7-9-8-28-18(34-9)20(24,25)26/h1-6,8H,7H2,(H,27,30)(H,29,31). The average molecular weight is 535 g/mol. The van der Waals surface area contributed by atoms with Crippen molar-refractivity contribution in [1.82, 2.24) is 10.3 Å². The molecule has 7 nitrogen and oxygen atoms in total. The zero-order valence-corrected chi connectivity index (χ0v) is 18.5. The first-order valence-electron chi connectivity index (χ1n) is 9.40. The van der Waals surface area contributed by atoms with E-state index >= 15 is 0 Å². The van der Waals surface area contributed by atoms with E-state index in [0.717, 1.165) is 12.3 Å². The number of carbonyl (C=O) groups excluding carboxylic acids is 2. The van der Waals surface area contributed by atoms with Crippen LogP contribution in [0.1, 0.15) is 36.2 Å². The summed E-state index contributed by atoms with van der Waals surface area (Å²) >= 11 is 0.196. The number of halogens is 6. The highest BCUT2D eigenvalue weighted by Crippen LogP contribution is 2.40. The Morgan fingerprint density at radius 2 is 1.71 bits per heavy atom. The van der Waals surface area contributed by atoms with Gasteiger partial charge >= 0.3 is 12.4 Å². The van der Waals surface area contributed by atoms with Crippen LogP contribution >= 0.6 is 11.3 Å². The zero-order chi connectivity index (χ0) is 25.8. The van der Waals surface area contributed by atoms with Gasteiger partial charge in [0.05, 0.1) is 38.7 Å². The molecule has 0 atom stereocenters. The Bertz CT molecular complexity index is 1460. The molecule has 0 aliphatic carbocycles. The molecule has 1 aromatic heterocycles. The molecule has 35 heavy (non-hydrogen) atoms. The van der Waals surface area contributed by atoms with E-state index in [2.05, 4.69) is 15.6 Å². The molecule has 0 saturated heterocycles. The van der Waals surface area contributed by atoms with E-state index in [-0.39, 0.29) is 27.8 Å². The number of rotatable bonds is 3. The molecule has 2 amide bonds. The summed E-state index contributed by atoms with van der Waals surface area (Å²) in [5.74, 6) is -2.27. The number of fused-ring (bicyclic) bond motifs is 2. The summed E-state index contributed by atoms with van der Waals surface area (Å²) in [7, 11) is -4.59. The SMILES string of the molecule is O=C(NCc1cnc(C(F)(F)F)s1)c1cc2c(cc1C(F)(F)F)S(=O)(=O)c1ccccc1C(=O)N2. The topological polar surface area (TPSA) is 105 Å². The minimum Gasteiger partial charge on any atom is -0.347 e. The first kappa shape index (κ1) is 24.7. The van der Waals surface area contributed by atoms with Crippen molar-refractivity contribution in [2.45, 2.75) is 28.7 Å². The van der Waals surface area contributed by atoms with Crippen LogP contribution in [0.3, 0.4) is 0 Å². The minimum atomic E-state index is -5.18. The Kier molecular flexibility index (Phi) is 5.87.